The molecule has 1 rings (SSSR count). The highest BCUT2D eigenvalue weighted by molar-refractivity contribution is 5.86. The van der Waals surface area contributed by atoms with Crippen molar-refractivity contribution in [2.24, 2.45) is 4.99 Å². The molecule has 5 nitrogen and oxygen atoms in total. The van der Waals surface area contributed by atoms with Crippen LogP contribution in [0.2, 0.25) is 0 Å². The number of benzene rings is 1. The number of hydrogen-bond donors (Lipinski definition) is 3. The number of nitrogens with zero attached hydrogens (tertiary/aromatic N) is 1. The predicted molar refractivity (Wildman–Crippen MR) is 82.8 cm³/mol. The third-order valence-corrected chi connectivity index (χ3v) is 2.76. The van der Waals surface area contributed by atoms with Gasteiger partial charge in [-0.15, -0.1) is 0 Å². The Morgan fingerprint density at radius 3 is 2.50 bits per heavy atom. The highest BCUT2D eigenvalue weighted by Gasteiger charge is 2.02. The molecule has 3 N–H and O–H groups in total. The topological polar surface area (TPSA) is 65.5 Å². The van der Waals surface area contributed by atoms with Crippen molar-refractivity contribution in [3.05, 3.63) is 35.9 Å². The van der Waals surface area contributed by atoms with Crippen LogP contribution in [-0.4, -0.2) is 38.5 Å². The smallest absolute Gasteiger partial charge is 0.239 e. The fourth-order valence-electron chi connectivity index (χ4n) is 1.68. The summed E-state index contributed by atoms with van der Waals surface area (Å²) in [5.74, 6) is 0.630. The molecule has 0 atom stereocenters. The van der Waals surface area contributed by atoms with E-state index in [0.29, 0.717) is 12.5 Å². The van der Waals surface area contributed by atoms with Crippen molar-refractivity contribution in [2.45, 2.75) is 19.8 Å². The molecule has 0 aliphatic rings. The lowest BCUT2D eigenvalue weighted by molar-refractivity contribution is -0.119. The number of carbonyl (C=O) groups excluding carboxylic acids is 1. The fourth-order valence-corrected chi connectivity index (χ4v) is 1.68. The Morgan fingerprint density at radius 1 is 1.10 bits per heavy atom. The first kappa shape index (κ1) is 16.0. The highest BCUT2D eigenvalue weighted by atomic mass is 16.1. The van der Waals surface area contributed by atoms with Gasteiger partial charge in [-0.1, -0.05) is 37.3 Å². The monoisotopic (exact) mass is 276 g/mol. The van der Waals surface area contributed by atoms with Crippen molar-refractivity contribution in [2.75, 3.05) is 26.7 Å². The van der Waals surface area contributed by atoms with Gasteiger partial charge in [0.15, 0.2) is 5.96 Å². The van der Waals surface area contributed by atoms with Gasteiger partial charge < -0.3 is 16.0 Å². The predicted octanol–water partition coefficient (Wildman–Crippen LogP) is 0.920. The molecule has 20 heavy (non-hydrogen) atoms. The first-order valence-corrected chi connectivity index (χ1v) is 7.01. The zero-order chi connectivity index (χ0) is 14.6. The molecule has 0 aliphatic carbocycles. The summed E-state index contributed by atoms with van der Waals surface area (Å²) >= 11 is 0. The molecule has 0 unspecified atom stereocenters. The Kier molecular flexibility index (Phi) is 7.87. The molecule has 1 aromatic rings. The van der Waals surface area contributed by atoms with Crippen molar-refractivity contribution in [1.82, 2.24) is 16.0 Å². The van der Waals surface area contributed by atoms with E-state index >= 15 is 0 Å². The summed E-state index contributed by atoms with van der Waals surface area (Å²) in [7, 11) is 1.69. The van der Waals surface area contributed by atoms with Crippen LogP contribution in [0.5, 0.6) is 0 Å². The van der Waals surface area contributed by atoms with Crippen molar-refractivity contribution in [3.63, 3.8) is 0 Å². The van der Waals surface area contributed by atoms with Crippen molar-refractivity contribution < 1.29 is 4.79 Å². The van der Waals surface area contributed by atoms with Gasteiger partial charge in [-0.05, 0) is 18.4 Å². The number of rotatable bonds is 7. The number of guanidine groups is 1. The van der Waals surface area contributed by atoms with Gasteiger partial charge >= 0.3 is 0 Å². The minimum atomic E-state index is -0.0274. The molecule has 0 bridgehead atoms. The Balaban J connectivity index is 2.17. The molecule has 110 valence electrons. The van der Waals surface area contributed by atoms with Gasteiger partial charge in [0.1, 0.15) is 0 Å². The van der Waals surface area contributed by atoms with Gasteiger partial charge in [-0.3, -0.25) is 9.79 Å². The SMILES string of the molecule is CCCNC(=NC)NCC(=O)NCCc1ccccc1. The van der Waals surface area contributed by atoms with Gasteiger partial charge in [-0.2, -0.15) is 0 Å². The largest absolute Gasteiger partial charge is 0.356 e. The Labute approximate surface area is 120 Å². The summed E-state index contributed by atoms with van der Waals surface area (Å²) < 4.78 is 0. The van der Waals surface area contributed by atoms with Crippen LogP contribution in [0, 0.1) is 0 Å². The zero-order valence-electron chi connectivity index (χ0n) is 12.3. The molecular weight excluding hydrogens is 252 g/mol. The lowest BCUT2D eigenvalue weighted by atomic mass is 10.1. The van der Waals surface area contributed by atoms with E-state index < -0.39 is 0 Å². The van der Waals surface area contributed by atoms with E-state index in [0.717, 1.165) is 19.4 Å². The van der Waals surface area contributed by atoms with Gasteiger partial charge in [0.05, 0.1) is 6.54 Å². The van der Waals surface area contributed by atoms with Gasteiger partial charge in [0, 0.05) is 20.1 Å². The quantitative estimate of drug-likeness (QED) is 0.512. The second kappa shape index (κ2) is 9.83. The normalized spacial score (nSPS) is 11.0. The fraction of sp³-hybridized carbons (Fsp3) is 0.467. The Bertz CT molecular complexity index is 417. The molecule has 0 spiro atoms. The van der Waals surface area contributed by atoms with E-state index in [2.05, 4.69) is 40.0 Å². The molecule has 1 amide bonds. The minimum absolute atomic E-state index is 0.0274. The minimum Gasteiger partial charge on any atom is -0.356 e. The molecule has 0 heterocycles. The number of hydrogen-bond acceptors (Lipinski definition) is 2. The molecule has 5 heteroatoms. The van der Waals surface area contributed by atoms with Gasteiger partial charge in [0.2, 0.25) is 5.91 Å². The molecule has 0 aliphatic heterocycles. The van der Waals surface area contributed by atoms with Crippen molar-refractivity contribution in [3.8, 4) is 0 Å². The third-order valence-electron chi connectivity index (χ3n) is 2.76. The third kappa shape index (κ3) is 6.78. The van der Waals surface area contributed by atoms with Crippen LogP contribution in [0.4, 0.5) is 0 Å². The Hall–Kier alpha value is -2.04. The van der Waals surface area contributed by atoms with Gasteiger partial charge in [-0.25, -0.2) is 0 Å². The van der Waals surface area contributed by atoms with E-state index in [1.165, 1.54) is 5.56 Å². The van der Waals surface area contributed by atoms with Crippen LogP contribution >= 0.6 is 0 Å². The lowest BCUT2D eigenvalue weighted by Gasteiger charge is -2.11. The van der Waals surface area contributed by atoms with E-state index in [1.807, 2.05) is 18.2 Å². The van der Waals surface area contributed by atoms with E-state index in [4.69, 9.17) is 0 Å². The van der Waals surface area contributed by atoms with Crippen LogP contribution in [0.15, 0.2) is 35.3 Å². The first-order chi connectivity index (χ1) is 9.76. The molecule has 0 radical (unpaired) electrons. The van der Waals surface area contributed by atoms with E-state index in [9.17, 15) is 4.79 Å². The number of carbonyl (C=O) groups is 1. The van der Waals surface area contributed by atoms with Crippen LogP contribution < -0.4 is 16.0 Å². The summed E-state index contributed by atoms with van der Waals surface area (Å²) in [5, 5.41) is 8.98. The molecule has 0 fully saturated rings. The molecule has 1 aromatic carbocycles. The van der Waals surface area contributed by atoms with Crippen LogP contribution in [-0.2, 0) is 11.2 Å². The van der Waals surface area contributed by atoms with Crippen molar-refractivity contribution >= 4 is 11.9 Å². The molecule has 0 saturated carbocycles. The maximum atomic E-state index is 11.7. The summed E-state index contributed by atoms with van der Waals surface area (Å²) in [4.78, 5) is 15.7. The average Bonchev–Trinajstić information content (AvgIpc) is 2.48. The van der Waals surface area contributed by atoms with E-state index in [-0.39, 0.29) is 12.5 Å². The first-order valence-electron chi connectivity index (χ1n) is 7.01. The average molecular weight is 276 g/mol. The lowest BCUT2D eigenvalue weighted by Crippen LogP contribution is -2.43. The van der Waals surface area contributed by atoms with Crippen LogP contribution in [0.3, 0.4) is 0 Å². The molecule has 0 saturated heterocycles. The second-order valence-corrected chi connectivity index (χ2v) is 4.44. The van der Waals surface area contributed by atoms with Gasteiger partial charge in [0.25, 0.3) is 0 Å². The Morgan fingerprint density at radius 2 is 1.85 bits per heavy atom. The summed E-state index contributed by atoms with van der Waals surface area (Å²) in [6.07, 6.45) is 1.86. The maximum Gasteiger partial charge on any atom is 0.239 e. The van der Waals surface area contributed by atoms with Crippen LogP contribution in [0.1, 0.15) is 18.9 Å². The molecular formula is C15H24N4O. The summed E-state index contributed by atoms with van der Waals surface area (Å²) in [6.45, 7) is 3.80. The molecule has 0 aromatic heterocycles. The zero-order valence-corrected chi connectivity index (χ0v) is 12.3. The summed E-state index contributed by atoms with van der Waals surface area (Å²) in [6, 6.07) is 10.1. The van der Waals surface area contributed by atoms with E-state index in [1.54, 1.807) is 7.05 Å². The number of amides is 1. The summed E-state index contributed by atoms with van der Waals surface area (Å²) in [5.41, 5.74) is 1.22. The van der Waals surface area contributed by atoms with Crippen LogP contribution in [0.25, 0.3) is 0 Å². The standard InChI is InChI=1S/C15H24N4O/c1-3-10-18-15(16-2)19-12-14(20)17-11-9-13-7-5-4-6-8-13/h4-8H,3,9-12H2,1-2H3,(H,17,20)(H2,16,18,19). The second-order valence-electron chi connectivity index (χ2n) is 4.44. The van der Waals surface area contributed by atoms with Crippen molar-refractivity contribution in [1.29, 1.82) is 0 Å². The number of aliphatic imine (C=N–C) groups is 1. The highest BCUT2D eigenvalue weighted by Crippen LogP contribution is 1.97. The number of nitrogens with one attached hydrogen (secondary N) is 3. The maximum absolute atomic E-state index is 11.7.